The van der Waals surface area contributed by atoms with Crippen LogP contribution < -0.4 is 10.5 Å². The minimum absolute atomic E-state index is 0.0441. The van der Waals surface area contributed by atoms with Crippen LogP contribution in [0.3, 0.4) is 0 Å². The van der Waals surface area contributed by atoms with Crippen LogP contribution >= 0.6 is 0 Å². The number of H-pyrrole nitrogens is 1. The molecule has 3 aromatic rings. The van der Waals surface area contributed by atoms with Gasteiger partial charge in [0, 0.05) is 12.0 Å². The second kappa shape index (κ2) is 5.39. The lowest BCUT2D eigenvalue weighted by Crippen LogP contribution is -3.10. The molecular formula is C18H18N3O+. The van der Waals surface area contributed by atoms with Crippen LogP contribution in [0, 0.1) is 0 Å². The third-order valence-corrected chi connectivity index (χ3v) is 4.39. The fourth-order valence-corrected chi connectivity index (χ4v) is 3.25. The zero-order chi connectivity index (χ0) is 14.9. The van der Waals surface area contributed by atoms with Gasteiger partial charge in [0.25, 0.3) is 5.56 Å². The van der Waals surface area contributed by atoms with Crippen molar-refractivity contribution in [3.05, 3.63) is 75.8 Å². The van der Waals surface area contributed by atoms with Gasteiger partial charge in [-0.2, -0.15) is 0 Å². The highest BCUT2D eigenvalue weighted by Crippen LogP contribution is 2.11. The smallest absolute Gasteiger partial charge is 0.258 e. The summed E-state index contributed by atoms with van der Waals surface area (Å²) >= 11 is 0. The first kappa shape index (κ1) is 13.2. The summed E-state index contributed by atoms with van der Waals surface area (Å²) in [6, 6.07) is 16.1. The Morgan fingerprint density at radius 1 is 1.05 bits per heavy atom. The fraction of sp³-hybridized carbons (Fsp3) is 0.222. The first-order valence-corrected chi connectivity index (χ1v) is 7.68. The molecule has 110 valence electrons. The second-order valence-corrected chi connectivity index (χ2v) is 5.90. The predicted molar refractivity (Wildman–Crippen MR) is 85.7 cm³/mol. The van der Waals surface area contributed by atoms with Crippen molar-refractivity contribution in [3.63, 3.8) is 0 Å². The maximum Gasteiger partial charge on any atom is 0.258 e. The molecule has 2 heterocycles. The van der Waals surface area contributed by atoms with E-state index in [0.717, 1.165) is 37.4 Å². The monoisotopic (exact) mass is 292 g/mol. The van der Waals surface area contributed by atoms with Crippen molar-refractivity contribution in [1.29, 1.82) is 0 Å². The average molecular weight is 292 g/mol. The molecule has 0 amide bonds. The number of hydrogen-bond acceptors (Lipinski definition) is 2. The number of quaternary nitrogens is 1. The van der Waals surface area contributed by atoms with E-state index in [0.29, 0.717) is 5.39 Å². The number of para-hydroxylation sites is 1. The number of fused-ring (bicyclic) bond motifs is 2. The molecule has 0 aliphatic carbocycles. The van der Waals surface area contributed by atoms with Gasteiger partial charge in [-0.1, -0.05) is 36.4 Å². The Morgan fingerprint density at radius 2 is 1.82 bits per heavy atom. The minimum Gasteiger partial charge on any atom is -0.325 e. The summed E-state index contributed by atoms with van der Waals surface area (Å²) in [7, 11) is 0. The number of aromatic amines is 1. The summed E-state index contributed by atoms with van der Waals surface area (Å²) in [5, 5.41) is 0.658. The topological polar surface area (TPSA) is 50.2 Å². The van der Waals surface area contributed by atoms with E-state index < -0.39 is 0 Å². The highest BCUT2D eigenvalue weighted by molar-refractivity contribution is 5.77. The summed E-state index contributed by atoms with van der Waals surface area (Å²) in [5.74, 6) is 0.776. The van der Waals surface area contributed by atoms with Crippen molar-refractivity contribution >= 4 is 10.9 Å². The molecule has 0 saturated carbocycles. The van der Waals surface area contributed by atoms with E-state index in [1.165, 1.54) is 16.0 Å². The molecule has 1 atom stereocenters. The van der Waals surface area contributed by atoms with Gasteiger partial charge in [0.1, 0.15) is 13.1 Å². The van der Waals surface area contributed by atoms with E-state index >= 15 is 0 Å². The molecule has 1 aromatic heterocycles. The van der Waals surface area contributed by atoms with Gasteiger partial charge in [-0.25, -0.2) is 4.98 Å². The summed E-state index contributed by atoms with van der Waals surface area (Å²) in [6.45, 7) is 2.83. The van der Waals surface area contributed by atoms with Crippen LogP contribution in [0.4, 0.5) is 0 Å². The molecular weight excluding hydrogens is 274 g/mol. The number of rotatable bonds is 2. The Kier molecular flexibility index (Phi) is 3.24. The maximum absolute atomic E-state index is 12.1. The van der Waals surface area contributed by atoms with Crippen molar-refractivity contribution in [2.75, 3.05) is 6.54 Å². The molecule has 4 heteroatoms. The van der Waals surface area contributed by atoms with Crippen molar-refractivity contribution < 1.29 is 4.90 Å². The van der Waals surface area contributed by atoms with Crippen LogP contribution in [-0.2, 0) is 19.5 Å². The van der Waals surface area contributed by atoms with Crippen LogP contribution in [0.5, 0.6) is 0 Å². The quantitative estimate of drug-likeness (QED) is 0.742. The zero-order valence-electron chi connectivity index (χ0n) is 12.3. The third kappa shape index (κ3) is 2.42. The van der Waals surface area contributed by atoms with Crippen LogP contribution in [0.25, 0.3) is 10.9 Å². The molecule has 2 N–H and O–H groups in total. The Morgan fingerprint density at radius 3 is 2.73 bits per heavy atom. The van der Waals surface area contributed by atoms with Crippen LogP contribution in [-0.4, -0.2) is 16.5 Å². The van der Waals surface area contributed by atoms with Crippen LogP contribution in [0.1, 0.15) is 17.0 Å². The number of benzene rings is 2. The summed E-state index contributed by atoms with van der Waals surface area (Å²) in [5.41, 5.74) is 3.59. The lowest BCUT2D eigenvalue weighted by molar-refractivity contribution is -0.930. The first-order chi connectivity index (χ1) is 10.8. The molecule has 4 nitrogen and oxygen atoms in total. The summed E-state index contributed by atoms with van der Waals surface area (Å²) < 4.78 is 0. The molecule has 1 aliphatic rings. The molecule has 22 heavy (non-hydrogen) atoms. The van der Waals surface area contributed by atoms with Gasteiger partial charge in [0.2, 0.25) is 0 Å². The van der Waals surface area contributed by atoms with Crippen molar-refractivity contribution in [2.45, 2.75) is 19.5 Å². The Labute approximate surface area is 128 Å². The first-order valence-electron chi connectivity index (χ1n) is 7.68. The van der Waals surface area contributed by atoms with Gasteiger partial charge in [0.05, 0.1) is 17.4 Å². The predicted octanol–water partition coefficient (Wildman–Crippen LogP) is 1.06. The lowest BCUT2D eigenvalue weighted by Gasteiger charge is -2.25. The largest absolute Gasteiger partial charge is 0.325 e. The van der Waals surface area contributed by atoms with Crippen molar-refractivity contribution in [3.8, 4) is 0 Å². The maximum atomic E-state index is 12.1. The standard InChI is InChI=1S/C18H17N3O/c22-18-15-7-3-4-8-16(15)19-17(20-18)12-21-10-9-13-5-1-2-6-14(13)11-21/h1-8H,9-12H2,(H,19,20,22)/p+1. The average Bonchev–Trinajstić information content (AvgIpc) is 2.55. The summed E-state index contributed by atoms with van der Waals surface area (Å²) in [4.78, 5) is 21.1. The van der Waals surface area contributed by atoms with Crippen molar-refractivity contribution in [1.82, 2.24) is 9.97 Å². The van der Waals surface area contributed by atoms with Gasteiger partial charge >= 0.3 is 0 Å². The van der Waals surface area contributed by atoms with Gasteiger partial charge in [-0.3, -0.25) is 4.79 Å². The molecule has 4 rings (SSSR count). The SMILES string of the molecule is O=c1[nH]c(C[NH+]2CCc3ccccc3C2)nc2ccccc12. The number of hydrogen-bond donors (Lipinski definition) is 2. The fourth-order valence-electron chi connectivity index (χ4n) is 3.25. The number of nitrogens with one attached hydrogen (secondary N) is 2. The van der Waals surface area contributed by atoms with E-state index in [1.54, 1.807) is 0 Å². The van der Waals surface area contributed by atoms with E-state index in [4.69, 9.17) is 0 Å². The lowest BCUT2D eigenvalue weighted by atomic mass is 10.00. The van der Waals surface area contributed by atoms with Gasteiger partial charge in [-0.05, 0) is 17.7 Å². The molecule has 0 saturated heterocycles. The van der Waals surface area contributed by atoms with E-state index in [2.05, 4.69) is 34.2 Å². The highest BCUT2D eigenvalue weighted by Gasteiger charge is 2.20. The van der Waals surface area contributed by atoms with E-state index in [9.17, 15) is 4.79 Å². The molecule has 0 fully saturated rings. The Hall–Kier alpha value is -2.46. The molecule has 0 bridgehead atoms. The number of aromatic nitrogens is 2. The second-order valence-electron chi connectivity index (χ2n) is 5.90. The van der Waals surface area contributed by atoms with Gasteiger partial charge in [0.15, 0.2) is 5.82 Å². The van der Waals surface area contributed by atoms with Gasteiger partial charge in [-0.15, -0.1) is 0 Å². The molecule has 0 radical (unpaired) electrons. The van der Waals surface area contributed by atoms with E-state index in [-0.39, 0.29) is 5.56 Å². The van der Waals surface area contributed by atoms with E-state index in [1.807, 2.05) is 24.3 Å². The molecule has 1 unspecified atom stereocenters. The minimum atomic E-state index is -0.0441. The van der Waals surface area contributed by atoms with Gasteiger partial charge < -0.3 is 9.88 Å². The highest BCUT2D eigenvalue weighted by atomic mass is 16.1. The van der Waals surface area contributed by atoms with Crippen molar-refractivity contribution in [2.24, 2.45) is 0 Å². The normalized spacial score (nSPS) is 17.4. The Balaban J connectivity index is 1.61. The van der Waals surface area contributed by atoms with Crippen LogP contribution in [0.15, 0.2) is 53.3 Å². The third-order valence-electron chi connectivity index (χ3n) is 4.39. The zero-order valence-corrected chi connectivity index (χ0v) is 12.3. The summed E-state index contributed by atoms with van der Waals surface area (Å²) in [6.07, 6.45) is 1.09. The molecule has 1 aliphatic heterocycles. The van der Waals surface area contributed by atoms with Crippen LogP contribution in [0.2, 0.25) is 0 Å². The molecule has 0 spiro atoms. The molecule has 2 aromatic carbocycles. The number of nitrogens with zero attached hydrogens (tertiary/aromatic N) is 1. The Bertz CT molecular complexity index is 885.